The molecule has 5 rings (SSSR count). The van der Waals surface area contributed by atoms with E-state index in [1.807, 2.05) is 54.9 Å². The monoisotopic (exact) mass is 501 g/mol. The van der Waals surface area contributed by atoms with Gasteiger partial charge in [-0.25, -0.2) is 9.88 Å². The Balaban J connectivity index is 1.54. The van der Waals surface area contributed by atoms with Crippen molar-refractivity contribution >= 4 is 25.8 Å². The summed E-state index contributed by atoms with van der Waals surface area (Å²) in [6.07, 6.45) is 2.46. The summed E-state index contributed by atoms with van der Waals surface area (Å²) in [6.45, 7) is 12.2. The largest absolute Gasteiger partial charge is 0.417 e. The molecule has 0 spiro atoms. The Morgan fingerprint density at radius 3 is 2.25 bits per heavy atom. The summed E-state index contributed by atoms with van der Waals surface area (Å²) in [7, 11) is -2.03. The molecule has 1 aliphatic heterocycles. The first kappa shape index (κ1) is 24.7. The van der Waals surface area contributed by atoms with Gasteiger partial charge in [-0.3, -0.25) is 9.59 Å². The minimum Gasteiger partial charge on any atom is -0.417 e. The number of anilines is 1. The Morgan fingerprint density at radius 2 is 1.61 bits per heavy atom. The number of imide groups is 1. The van der Waals surface area contributed by atoms with E-state index in [-0.39, 0.29) is 22.8 Å². The van der Waals surface area contributed by atoms with Crippen molar-refractivity contribution in [3.63, 3.8) is 0 Å². The van der Waals surface area contributed by atoms with E-state index in [0.29, 0.717) is 25.3 Å². The quantitative estimate of drug-likeness (QED) is 0.335. The lowest BCUT2D eigenvalue weighted by Gasteiger charge is -2.39. The summed E-state index contributed by atoms with van der Waals surface area (Å²) >= 11 is 0. The van der Waals surface area contributed by atoms with Crippen molar-refractivity contribution in [1.29, 1.82) is 0 Å². The number of aromatic nitrogens is 2. The van der Waals surface area contributed by atoms with Crippen LogP contribution in [0.1, 0.15) is 43.6 Å². The number of imidazole rings is 1. The molecule has 0 N–H and O–H groups in total. The maximum atomic E-state index is 14.0. The second-order valence-electron chi connectivity index (χ2n) is 11.6. The molecule has 0 saturated carbocycles. The summed E-state index contributed by atoms with van der Waals surface area (Å²) in [5.74, 6) is -1.40. The van der Waals surface area contributed by atoms with Crippen LogP contribution in [0.2, 0.25) is 18.1 Å². The highest BCUT2D eigenvalue weighted by molar-refractivity contribution is 6.74. The van der Waals surface area contributed by atoms with Crippen molar-refractivity contribution in [2.75, 3.05) is 11.5 Å². The molecule has 1 aliphatic carbocycles. The molecule has 3 atom stereocenters. The molecule has 188 valence electrons. The Bertz CT molecular complexity index is 1260. The van der Waals surface area contributed by atoms with Gasteiger partial charge < -0.3 is 8.99 Å². The molecule has 36 heavy (non-hydrogen) atoms. The van der Waals surface area contributed by atoms with Crippen LogP contribution < -0.4 is 4.90 Å². The van der Waals surface area contributed by atoms with E-state index in [9.17, 15) is 9.59 Å². The van der Waals surface area contributed by atoms with Crippen molar-refractivity contribution < 1.29 is 14.0 Å². The van der Waals surface area contributed by atoms with Gasteiger partial charge in [-0.1, -0.05) is 69.3 Å². The molecule has 2 aromatic carbocycles. The van der Waals surface area contributed by atoms with Crippen LogP contribution in [-0.2, 0) is 27.0 Å². The Morgan fingerprint density at radius 1 is 0.972 bits per heavy atom. The number of para-hydroxylation sites is 1. The average molecular weight is 502 g/mol. The van der Waals surface area contributed by atoms with E-state index in [1.54, 1.807) is 0 Å². The highest BCUT2D eigenvalue weighted by atomic mass is 28.4. The molecule has 1 saturated heterocycles. The van der Waals surface area contributed by atoms with Crippen LogP contribution in [0.25, 0.3) is 0 Å². The minimum absolute atomic E-state index is 0.0646. The number of amides is 2. The molecule has 1 aromatic heterocycles. The summed E-state index contributed by atoms with van der Waals surface area (Å²) < 4.78 is 8.67. The molecule has 0 radical (unpaired) electrons. The van der Waals surface area contributed by atoms with Crippen LogP contribution in [0.3, 0.4) is 0 Å². The zero-order valence-electron chi connectivity index (χ0n) is 21.8. The van der Waals surface area contributed by atoms with E-state index in [1.165, 1.54) is 4.90 Å². The average Bonchev–Trinajstić information content (AvgIpc) is 3.35. The summed E-state index contributed by atoms with van der Waals surface area (Å²) in [5, 5.41) is 0.0646. The van der Waals surface area contributed by atoms with Crippen LogP contribution in [0.5, 0.6) is 0 Å². The summed E-state index contributed by atoms with van der Waals surface area (Å²) in [5.41, 5.74) is 3.55. The van der Waals surface area contributed by atoms with Crippen LogP contribution in [0.4, 0.5) is 5.69 Å². The topological polar surface area (TPSA) is 64.4 Å². The van der Waals surface area contributed by atoms with Gasteiger partial charge in [0, 0.05) is 13.2 Å². The second kappa shape index (κ2) is 9.12. The summed E-state index contributed by atoms with van der Waals surface area (Å²) in [4.78, 5) is 34.0. The fourth-order valence-electron chi connectivity index (χ4n) is 5.21. The van der Waals surface area contributed by atoms with Gasteiger partial charge in [-0.05, 0) is 48.2 Å². The first-order valence-electron chi connectivity index (χ1n) is 12.7. The molecular weight excluding hydrogens is 466 g/mol. The Kier molecular flexibility index (Phi) is 6.25. The highest BCUT2D eigenvalue weighted by Gasteiger charge is 2.56. The minimum atomic E-state index is -2.03. The number of benzene rings is 2. The Hall–Kier alpha value is -3.03. The van der Waals surface area contributed by atoms with Gasteiger partial charge in [0.1, 0.15) is 0 Å². The second-order valence-corrected chi connectivity index (χ2v) is 16.4. The smallest absolute Gasteiger partial charge is 0.243 e. The molecule has 3 aromatic rings. The van der Waals surface area contributed by atoms with E-state index < -0.39 is 20.2 Å². The number of nitrogens with zero attached hydrogens (tertiary/aromatic N) is 3. The lowest BCUT2D eigenvalue weighted by Crippen LogP contribution is -2.44. The predicted molar refractivity (Wildman–Crippen MR) is 143 cm³/mol. The lowest BCUT2D eigenvalue weighted by molar-refractivity contribution is -0.123. The predicted octanol–water partition coefficient (Wildman–Crippen LogP) is 5.40. The fourth-order valence-corrected chi connectivity index (χ4v) is 6.27. The van der Waals surface area contributed by atoms with Crippen molar-refractivity contribution in [2.45, 2.75) is 57.8 Å². The lowest BCUT2D eigenvalue weighted by atomic mass is 9.74. The first-order chi connectivity index (χ1) is 17.1. The van der Waals surface area contributed by atoms with Crippen LogP contribution in [0.15, 0.2) is 67.0 Å². The van der Waals surface area contributed by atoms with Gasteiger partial charge in [-0.15, -0.1) is 0 Å². The maximum Gasteiger partial charge on any atom is 0.243 e. The molecule has 1 fully saturated rings. The highest BCUT2D eigenvalue weighted by Crippen LogP contribution is 2.48. The van der Waals surface area contributed by atoms with Gasteiger partial charge in [0.05, 0.1) is 35.2 Å². The molecular formula is C29H35N3O3Si. The maximum absolute atomic E-state index is 14.0. The number of carbonyl (C=O) groups is 2. The van der Waals surface area contributed by atoms with Gasteiger partial charge in [0.25, 0.3) is 0 Å². The third-order valence-corrected chi connectivity index (χ3v) is 12.7. The van der Waals surface area contributed by atoms with E-state index in [4.69, 9.17) is 9.41 Å². The molecule has 2 aliphatic rings. The summed E-state index contributed by atoms with van der Waals surface area (Å²) in [6, 6.07) is 19.4. The van der Waals surface area contributed by atoms with E-state index in [2.05, 4.69) is 50.6 Å². The van der Waals surface area contributed by atoms with Crippen molar-refractivity contribution in [2.24, 2.45) is 11.8 Å². The number of rotatable bonds is 6. The molecule has 2 amide bonds. The van der Waals surface area contributed by atoms with Gasteiger partial charge in [0.2, 0.25) is 11.8 Å². The van der Waals surface area contributed by atoms with Crippen LogP contribution in [0, 0.1) is 11.8 Å². The number of carbonyl (C=O) groups excluding carboxylic acids is 2. The third kappa shape index (κ3) is 4.24. The van der Waals surface area contributed by atoms with Gasteiger partial charge in [-0.2, -0.15) is 0 Å². The Labute approximate surface area is 214 Å². The molecule has 0 bridgehead atoms. The van der Waals surface area contributed by atoms with E-state index >= 15 is 0 Å². The molecule has 2 unspecified atom stereocenters. The molecule has 7 heteroatoms. The zero-order chi connectivity index (χ0) is 25.7. The number of hydrogen-bond acceptors (Lipinski definition) is 4. The SMILES string of the molecule is CC(C)(C)[Si](C)(C)OC[C@H]1Cc2ncn(Cc3ccccc3)c2C2C(=O)N(c3ccccc3)C(=O)C21. The normalized spacial score (nSPS) is 22.0. The van der Waals surface area contributed by atoms with Crippen LogP contribution >= 0.6 is 0 Å². The third-order valence-electron chi connectivity index (χ3n) is 8.24. The number of fused-ring (bicyclic) bond motifs is 3. The fraction of sp³-hybridized carbons (Fsp3) is 0.414. The van der Waals surface area contributed by atoms with Crippen molar-refractivity contribution in [3.05, 3.63) is 83.9 Å². The first-order valence-corrected chi connectivity index (χ1v) is 15.6. The van der Waals surface area contributed by atoms with Crippen molar-refractivity contribution in [1.82, 2.24) is 9.55 Å². The number of hydrogen-bond donors (Lipinski definition) is 0. The standard InChI is InChI=1S/C29H35N3O3Si/c1-29(2,3)36(4,5)35-18-21-16-23-26(31(19-30-23)17-20-12-8-6-9-13-20)25-24(21)27(33)32(28(25)34)22-14-10-7-11-15-22/h6-15,19,21,24-25H,16-18H2,1-5H3/t21-,24?,25?/m1/s1. The zero-order valence-corrected chi connectivity index (χ0v) is 22.8. The van der Waals surface area contributed by atoms with E-state index in [0.717, 1.165) is 17.0 Å². The van der Waals surface area contributed by atoms with Gasteiger partial charge in [0.15, 0.2) is 8.32 Å². The van der Waals surface area contributed by atoms with Crippen LogP contribution in [-0.4, -0.2) is 36.3 Å². The van der Waals surface area contributed by atoms with Crippen molar-refractivity contribution in [3.8, 4) is 0 Å². The molecule has 2 heterocycles. The van der Waals surface area contributed by atoms with Gasteiger partial charge >= 0.3 is 0 Å². The molecule has 6 nitrogen and oxygen atoms in total.